The van der Waals surface area contributed by atoms with Crippen molar-refractivity contribution >= 4 is 0 Å². The second-order valence-electron chi connectivity index (χ2n) is 5.48. The number of rotatable bonds is 11. The molecule has 0 aliphatic rings. The Balaban J connectivity index is 2.59. The minimum atomic E-state index is 0.321. The van der Waals surface area contributed by atoms with E-state index in [1.54, 1.807) is 14.2 Å². The number of hydrogen-bond acceptors (Lipinski definition) is 3. The highest BCUT2D eigenvalue weighted by molar-refractivity contribution is 5.48. The normalized spacial score (nSPS) is 12.2. The minimum Gasteiger partial charge on any atom is -0.493 e. The Kier molecular flexibility index (Phi) is 8.91. The zero-order valence-electron chi connectivity index (χ0n) is 14.1. The van der Waals surface area contributed by atoms with Crippen molar-refractivity contribution in [3.05, 3.63) is 23.8 Å². The fourth-order valence-corrected chi connectivity index (χ4v) is 2.77. The van der Waals surface area contributed by atoms with Gasteiger partial charge in [-0.05, 0) is 19.5 Å². The average molecular weight is 293 g/mol. The summed E-state index contributed by atoms with van der Waals surface area (Å²) in [5, 5.41) is 3.41. The maximum absolute atomic E-state index is 5.54. The zero-order chi connectivity index (χ0) is 15.5. The van der Waals surface area contributed by atoms with Gasteiger partial charge in [0.1, 0.15) is 0 Å². The Morgan fingerprint density at radius 2 is 1.71 bits per heavy atom. The molecule has 21 heavy (non-hydrogen) atoms. The van der Waals surface area contributed by atoms with Gasteiger partial charge in [0.05, 0.1) is 14.2 Å². The molecule has 0 saturated carbocycles. The van der Waals surface area contributed by atoms with Crippen LogP contribution in [0.25, 0.3) is 0 Å². The van der Waals surface area contributed by atoms with Crippen LogP contribution in [0.15, 0.2) is 18.2 Å². The van der Waals surface area contributed by atoms with Gasteiger partial charge in [-0.2, -0.15) is 0 Å². The summed E-state index contributed by atoms with van der Waals surface area (Å²) in [6, 6.07) is 6.42. The van der Waals surface area contributed by atoms with Crippen molar-refractivity contribution in [3.63, 3.8) is 0 Å². The quantitative estimate of drug-likeness (QED) is 0.599. The zero-order valence-corrected chi connectivity index (χ0v) is 14.1. The smallest absolute Gasteiger partial charge is 0.165 e. The van der Waals surface area contributed by atoms with Gasteiger partial charge in [0, 0.05) is 11.6 Å². The lowest BCUT2D eigenvalue weighted by molar-refractivity contribution is 0.345. The van der Waals surface area contributed by atoms with Crippen molar-refractivity contribution in [2.24, 2.45) is 0 Å². The summed E-state index contributed by atoms with van der Waals surface area (Å²) in [6.45, 7) is 2.26. The number of nitrogens with one attached hydrogen (secondary N) is 1. The van der Waals surface area contributed by atoms with Crippen LogP contribution in [0.2, 0.25) is 0 Å². The van der Waals surface area contributed by atoms with Crippen LogP contribution >= 0.6 is 0 Å². The predicted molar refractivity (Wildman–Crippen MR) is 89.3 cm³/mol. The van der Waals surface area contributed by atoms with Crippen LogP contribution in [0, 0.1) is 0 Å². The number of hydrogen-bond donors (Lipinski definition) is 1. The molecular formula is C18H31NO2. The van der Waals surface area contributed by atoms with E-state index in [-0.39, 0.29) is 0 Å². The van der Waals surface area contributed by atoms with E-state index in [1.807, 2.05) is 19.2 Å². The SMILES string of the molecule is CCCCCCCCC(NC)c1cccc(OC)c1OC. The van der Waals surface area contributed by atoms with Gasteiger partial charge in [-0.1, -0.05) is 57.6 Å². The fraction of sp³-hybridized carbons (Fsp3) is 0.667. The fourth-order valence-electron chi connectivity index (χ4n) is 2.77. The van der Waals surface area contributed by atoms with Gasteiger partial charge in [0.15, 0.2) is 11.5 Å². The third-order valence-corrected chi connectivity index (χ3v) is 4.00. The second kappa shape index (κ2) is 10.5. The third kappa shape index (κ3) is 5.58. The molecule has 1 rings (SSSR count). The molecule has 0 heterocycles. The predicted octanol–water partition coefficient (Wildman–Crippen LogP) is 4.71. The highest BCUT2D eigenvalue weighted by Gasteiger charge is 2.17. The Hall–Kier alpha value is -1.22. The number of methoxy groups -OCH3 is 2. The third-order valence-electron chi connectivity index (χ3n) is 4.00. The van der Waals surface area contributed by atoms with Gasteiger partial charge < -0.3 is 14.8 Å². The van der Waals surface area contributed by atoms with Crippen LogP contribution in [0.5, 0.6) is 11.5 Å². The van der Waals surface area contributed by atoms with E-state index in [4.69, 9.17) is 9.47 Å². The molecule has 1 unspecified atom stereocenters. The molecule has 0 fully saturated rings. The molecule has 0 radical (unpaired) electrons. The first-order chi connectivity index (χ1) is 10.3. The molecule has 1 aromatic rings. The topological polar surface area (TPSA) is 30.5 Å². The van der Waals surface area contributed by atoms with Gasteiger partial charge in [0.25, 0.3) is 0 Å². The summed E-state index contributed by atoms with van der Waals surface area (Å²) >= 11 is 0. The molecule has 0 aromatic heterocycles. The number of ether oxygens (including phenoxy) is 2. The summed E-state index contributed by atoms with van der Waals surface area (Å²) in [4.78, 5) is 0. The lowest BCUT2D eigenvalue weighted by Gasteiger charge is -2.21. The standard InChI is InChI=1S/C18H31NO2/c1-5-6-7-8-9-10-13-16(19-2)15-12-11-14-17(20-3)18(15)21-4/h11-12,14,16,19H,5-10,13H2,1-4H3. The molecule has 0 bridgehead atoms. The second-order valence-corrected chi connectivity index (χ2v) is 5.48. The maximum atomic E-state index is 5.54. The van der Waals surface area contributed by atoms with Crippen LogP contribution in [0.4, 0.5) is 0 Å². The summed E-state index contributed by atoms with van der Waals surface area (Å²) in [6.07, 6.45) is 9.06. The average Bonchev–Trinajstić information content (AvgIpc) is 2.53. The van der Waals surface area contributed by atoms with E-state index >= 15 is 0 Å². The van der Waals surface area contributed by atoms with Gasteiger partial charge in [0.2, 0.25) is 0 Å². The lowest BCUT2D eigenvalue weighted by atomic mass is 9.98. The monoisotopic (exact) mass is 293 g/mol. The summed E-state index contributed by atoms with van der Waals surface area (Å²) in [5.41, 5.74) is 1.19. The molecule has 1 atom stereocenters. The van der Waals surface area contributed by atoms with E-state index in [2.05, 4.69) is 18.3 Å². The van der Waals surface area contributed by atoms with Crippen molar-refractivity contribution in [1.29, 1.82) is 0 Å². The van der Waals surface area contributed by atoms with Crippen molar-refractivity contribution in [1.82, 2.24) is 5.32 Å². The van der Waals surface area contributed by atoms with Crippen LogP contribution in [0.1, 0.15) is 63.5 Å². The van der Waals surface area contributed by atoms with E-state index in [0.29, 0.717) is 6.04 Å². The molecule has 3 nitrogen and oxygen atoms in total. The highest BCUT2D eigenvalue weighted by Crippen LogP contribution is 2.36. The molecule has 3 heteroatoms. The molecule has 0 aliphatic carbocycles. The number of benzene rings is 1. The van der Waals surface area contributed by atoms with Crippen molar-refractivity contribution < 1.29 is 9.47 Å². The van der Waals surface area contributed by atoms with Gasteiger partial charge >= 0.3 is 0 Å². The van der Waals surface area contributed by atoms with Gasteiger partial charge in [-0.15, -0.1) is 0 Å². The lowest BCUT2D eigenvalue weighted by Crippen LogP contribution is -2.17. The van der Waals surface area contributed by atoms with Crippen molar-refractivity contribution in [3.8, 4) is 11.5 Å². The minimum absolute atomic E-state index is 0.321. The summed E-state index contributed by atoms with van der Waals surface area (Å²) in [5.74, 6) is 1.66. The molecular weight excluding hydrogens is 262 g/mol. The highest BCUT2D eigenvalue weighted by atomic mass is 16.5. The summed E-state index contributed by atoms with van der Waals surface area (Å²) < 4.78 is 10.9. The van der Waals surface area contributed by atoms with Crippen molar-refractivity contribution in [2.45, 2.75) is 57.9 Å². The van der Waals surface area contributed by atoms with E-state index < -0.39 is 0 Å². The van der Waals surface area contributed by atoms with E-state index in [1.165, 1.54) is 44.1 Å². The summed E-state index contributed by atoms with van der Waals surface area (Å²) in [7, 11) is 5.41. The maximum Gasteiger partial charge on any atom is 0.165 e. The Morgan fingerprint density at radius 3 is 2.33 bits per heavy atom. The Bertz CT molecular complexity index is 393. The molecule has 0 aliphatic heterocycles. The van der Waals surface area contributed by atoms with Gasteiger partial charge in [-0.3, -0.25) is 0 Å². The molecule has 1 aromatic carbocycles. The number of unbranched alkanes of at least 4 members (excludes halogenated alkanes) is 5. The van der Waals surface area contributed by atoms with Crippen LogP contribution in [-0.4, -0.2) is 21.3 Å². The number of para-hydroxylation sites is 1. The Morgan fingerprint density at radius 1 is 1.00 bits per heavy atom. The van der Waals surface area contributed by atoms with Crippen LogP contribution < -0.4 is 14.8 Å². The molecule has 120 valence electrons. The molecule has 1 N–H and O–H groups in total. The van der Waals surface area contributed by atoms with E-state index in [0.717, 1.165) is 17.9 Å². The van der Waals surface area contributed by atoms with Crippen molar-refractivity contribution in [2.75, 3.05) is 21.3 Å². The van der Waals surface area contributed by atoms with E-state index in [9.17, 15) is 0 Å². The first-order valence-electron chi connectivity index (χ1n) is 8.16. The Labute approximate surface area is 130 Å². The van der Waals surface area contributed by atoms with Crippen LogP contribution in [0.3, 0.4) is 0 Å². The molecule has 0 spiro atoms. The van der Waals surface area contributed by atoms with Gasteiger partial charge in [-0.25, -0.2) is 0 Å². The first kappa shape index (κ1) is 17.8. The molecule has 0 amide bonds. The largest absolute Gasteiger partial charge is 0.493 e. The van der Waals surface area contributed by atoms with Crippen LogP contribution in [-0.2, 0) is 0 Å². The first-order valence-corrected chi connectivity index (χ1v) is 8.16. The molecule has 0 saturated heterocycles.